The fourth-order valence-corrected chi connectivity index (χ4v) is 5.23. The van der Waals surface area contributed by atoms with Crippen molar-refractivity contribution in [3.63, 3.8) is 0 Å². The average molecular weight is 331 g/mol. The van der Waals surface area contributed by atoms with Gasteiger partial charge in [-0.05, 0) is 31.2 Å². The molecule has 0 spiro atoms. The van der Waals surface area contributed by atoms with Crippen molar-refractivity contribution in [2.45, 2.75) is 57.5 Å². The Balaban J connectivity index is 2.08. The zero-order chi connectivity index (χ0) is 15.5. The maximum atomic E-state index is 12.7. The van der Waals surface area contributed by atoms with Crippen molar-refractivity contribution in [2.75, 3.05) is 13.1 Å². The van der Waals surface area contributed by atoms with Gasteiger partial charge in [-0.15, -0.1) is 11.3 Å². The number of hydrogen-bond donors (Lipinski definition) is 1. The maximum absolute atomic E-state index is 12.7. The summed E-state index contributed by atoms with van der Waals surface area (Å²) < 4.78 is 27.1. The molecule has 2 heterocycles. The second-order valence-corrected chi connectivity index (χ2v) is 9.16. The zero-order valence-corrected chi connectivity index (χ0v) is 14.8. The summed E-state index contributed by atoms with van der Waals surface area (Å²) in [5.41, 5.74) is 0. The molecule has 0 saturated carbocycles. The molecule has 120 valence electrons. The van der Waals surface area contributed by atoms with Crippen molar-refractivity contribution in [3.8, 4) is 0 Å². The van der Waals surface area contributed by atoms with Gasteiger partial charge < -0.3 is 5.32 Å². The Morgan fingerprint density at radius 2 is 2.14 bits per heavy atom. The Bertz CT molecular complexity index is 552. The Kier molecular flexibility index (Phi) is 5.82. The van der Waals surface area contributed by atoms with Crippen LogP contribution in [0.15, 0.2) is 16.3 Å². The smallest absolute Gasteiger partial charge is 0.243 e. The van der Waals surface area contributed by atoms with Crippen molar-refractivity contribution >= 4 is 21.4 Å². The van der Waals surface area contributed by atoms with Crippen LogP contribution in [0.25, 0.3) is 0 Å². The summed E-state index contributed by atoms with van der Waals surface area (Å²) in [6.45, 7) is 8.42. The minimum Gasteiger partial charge on any atom is -0.310 e. The topological polar surface area (TPSA) is 49.4 Å². The van der Waals surface area contributed by atoms with E-state index in [4.69, 9.17) is 0 Å². The fourth-order valence-electron chi connectivity index (χ4n) is 2.52. The molecule has 0 aliphatic carbocycles. The van der Waals surface area contributed by atoms with Gasteiger partial charge in [-0.1, -0.05) is 20.8 Å². The van der Waals surface area contributed by atoms with Gasteiger partial charge in [0.05, 0.1) is 4.90 Å². The van der Waals surface area contributed by atoms with Gasteiger partial charge in [-0.3, -0.25) is 0 Å². The van der Waals surface area contributed by atoms with Gasteiger partial charge in [0.1, 0.15) is 0 Å². The van der Waals surface area contributed by atoms with Gasteiger partial charge in [0.2, 0.25) is 10.0 Å². The summed E-state index contributed by atoms with van der Waals surface area (Å²) in [5.74, 6) is 0.624. The molecule has 1 fully saturated rings. The summed E-state index contributed by atoms with van der Waals surface area (Å²) in [6, 6.07) is 2.23. The van der Waals surface area contributed by atoms with E-state index in [1.54, 1.807) is 9.69 Å². The summed E-state index contributed by atoms with van der Waals surface area (Å²) >= 11 is 1.52. The Morgan fingerprint density at radius 3 is 2.86 bits per heavy atom. The summed E-state index contributed by atoms with van der Waals surface area (Å²) in [6.07, 6.45) is 3.05. The molecule has 6 heteroatoms. The molecule has 0 aromatic carbocycles. The largest absolute Gasteiger partial charge is 0.310 e. The molecule has 0 amide bonds. The number of rotatable bonds is 5. The minimum absolute atomic E-state index is 0.402. The van der Waals surface area contributed by atoms with Crippen LogP contribution in [0.4, 0.5) is 0 Å². The Hall–Kier alpha value is -0.430. The van der Waals surface area contributed by atoms with Crippen LogP contribution >= 0.6 is 11.3 Å². The highest BCUT2D eigenvalue weighted by Gasteiger charge is 2.27. The molecule has 4 nitrogen and oxygen atoms in total. The van der Waals surface area contributed by atoms with Crippen molar-refractivity contribution in [3.05, 3.63) is 16.3 Å². The standard InChI is InChI=1S/C15H26N2O2S2/c1-12(2)16-10-14-9-15(11-20-14)21(18,19)17-7-4-5-13(3)6-8-17/h9,11-13,16H,4-8,10H2,1-3H3. The number of sulfonamides is 1. The second kappa shape index (κ2) is 7.22. The first-order chi connectivity index (χ1) is 9.89. The lowest BCUT2D eigenvalue weighted by Crippen LogP contribution is -2.31. The third-order valence-electron chi connectivity index (χ3n) is 3.93. The van der Waals surface area contributed by atoms with Crippen LogP contribution in [0.1, 0.15) is 44.9 Å². The van der Waals surface area contributed by atoms with Crippen molar-refractivity contribution < 1.29 is 8.42 Å². The second-order valence-electron chi connectivity index (χ2n) is 6.22. The first-order valence-electron chi connectivity index (χ1n) is 7.70. The monoisotopic (exact) mass is 330 g/mol. The molecule has 0 radical (unpaired) electrons. The molecule has 1 unspecified atom stereocenters. The predicted molar refractivity (Wildman–Crippen MR) is 88.1 cm³/mol. The Labute approximate surface area is 132 Å². The lowest BCUT2D eigenvalue weighted by atomic mass is 10.0. The van der Waals surface area contributed by atoms with E-state index in [2.05, 4.69) is 26.1 Å². The minimum atomic E-state index is -3.31. The molecule has 1 aliphatic rings. The van der Waals surface area contributed by atoms with Gasteiger partial charge in [-0.25, -0.2) is 8.42 Å². The molecule has 21 heavy (non-hydrogen) atoms. The SMILES string of the molecule is CC1CCCN(S(=O)(=O)c2csc(CNC(C)C)c2)CC1. The van der Waals surface area contributed by atoms with E-state index in [0.29, 0.717) is 29.9 Å². The molecule has 1 N–H and O–H groups in total. The van der Waals surface area contributed by atoms with E-state index >= 15 is 0 Å². The lowest BCUT2D eigenvalue weighted by molar-refractivity contribution is 0.417. The number of thiophene rings is 1. The fraction of sp³-hybridized carbons (Fsp3) is 0.733. The first kappa shape index (κ1) is 16.9. The van der Waals surface area contributed by atoms with Crippen molar-refractivity contribution in [2.24, 2.45) is 5.92 Å². The molecular formula is C15H26N2O2S2. The van der Waals surface area contributed by atoms with E-state index < -0.39 is 10.0 Å². The molecule has 0 bridgehead atoms. The van der Waals surface area contributed by atoms with E-state index in [-0.39, 0.29) is 0 Å². The third-order valence-corrected chi connectivity index (χ3v) is 6.89. The van der Waals surface area contributed by atoms with E-state index in [9.17, 15) is 8.42 Å². The molecule has 2 rings (SSSR count). The zero-order valence-electron chi connectivity index (χ0n) is 13.1. The van der Waals surface area contributed by atoms with Crippen LogP contribution in [0.3, 0.4) is 0 Å². The van der Waals surface area contributed by atoms with Gasteiger partial charge in [0.25, 0.3) is 0 Å². The quantitative estimate of drug-likeness (QED) is 0.903. The molecule has 1 aliphatic heterocycles. The maximum Gasteiger partial charge on any atom is 0.243 e. The van der Waals surface area contributed by atoms with Crippen LogP contribution in [0, 0.1) is 5.92 Å². The van der Waals surface area contributed by atoms with Crippen LogP contribution in [-0.2, 0) is 16.6 Å². The average Bonchev–Trinajstić information content (AvgIpc) is 2.79. The lowest BCUT2D eigenvalue weighted by Gasteiger charge is -2.19. The van der Waals surface area contributed by atoms with Crippen LogP contribution in [0.5, 0.6) is 0 Å². The molecule has 1 aromatic rings. The van der Waals surface area contributed by atoms with Crippen molar-refractivity contribution in [1.82, 2.24) is 9.62 Å². The van der Waals surface area contributed by atoms with Crippen LogP contribution < -0.4 is 5.32 Å². The van der Waals surface area contributed by atoms with Crippen LogP contribution in [-0.4, -0.2) is 31.9 Å². The predicted octanol–water partition coefficient (Wildman–Crippen LogP) is 3.06. The molecule has 1 atom stereocenters. The molecule has 1 saturated heterocycles. The highest BCUT2D eigenvalue weighted by molar-refractivity contribution is 7.89. The summed E-state index contributed by atoms with van der Waals surface area (Å²) in [4.78, 5) is 1.54. The number of nitrogens with zero attached hydrogens (tertiary/aromatic N) is 1. The molecular weight excluding hydrogens is 304 g/mol. The van der Waals surface area contributed by atoms with Gasteiger partial charge >= 0.3 is 0 Å². The van der Waals surface area contributed by atoms with E-state index in [1.807, 2.05) is 6.07 Å². The third kappa shape index (κ3) is 4.52. The van der Waals surface area contributed by atoms with Crippen LogP contribution in [0.2, 0.25) is 0 Å². The molecule has 1 aromatic heterocycles. The summed E-state index contributed by atoms with van der Waals surface area (Å²) in [5, 5.41) is 5.10. The van der Waals surface area contributed by atoms with Gasteiger partial charge in [0.15, 0.2) is 0 Å². The van der Waals surface area contributed by atoms with Gasteiger partial charge in [0, 0.05) is 35.9 Å². The highest BCUT2D eigenvalue weighted by atomic mass is 32.2. The normalized spacial score (nSPS) is 21.6. The number of nitrogens with one attached hydrogen (secondary N) is 1. The van der Waals surface area contributed by atoms with Crippen molar-refractivity contribution in [1.29, 1.82) is 0 Å². The highest BCUT2D eigenvalue weighted by Crippen LogP contribution is 2.26. The van der Waals surface area contributed by atoms with E-state index in [0.717, 1.165) is 30.7 Å². The number of hydrogen-bond acceptors (Lipinski definition) is 4. The summed E-state index contributed by atoms with van der Waals surface area (Å²) in [7, 11) is -3.31. The first-order valence-corrected chi connectivity index (χ1v) is 10.0. The Morgan fingerprint density at radius 1 is 1.38 bits per heavy atom. The van der Waals surface area contributed by atoms with Gasteiger partial charge in [-0.2, -0.15) is 4.31 Å². The van der Waals surface area contributed by atoms with E-state index in [1.165, 1.54) is 11.3 Å².